The normalized spacial score (nSPS) is 11.5. The Morgan fingerprint density at radius 1 is 1.11 bits per heavy atom. The van der Waals surface area contributed by atoms with E-state index in [0.717, 1.165) is 23.5 Å². The van der Waals surface area contributed by atoms with Crippen LogP contribution in [-0.4, -0.2) is 45.7 Å². The SMILES string of the molecule is CCOC(=O)c1sc(NC(=O)c2cc3nc(-c4cccs4)cc(C(F)(F)F)n3n2)c(C(=O)OCC)c1C. The van der Waals surface area contributed by atoms with Crippen LogP contribution in [0.4, 0.5) is 18.2 Å². The lowest BCUT2D eigenvalue weighted by atomic mass is 10.1. The molecule has 4 aromatic rings. The number of carbonyl (C=O) groups excluding carboxylic acids is 3. The third-order valence-corrected chi connectivity index (χ3v) is 7.12. The fourth-order valence-electron chi connectivity index (χ4n) is 3.45. The lowest BCUT2D eigenvalue weighted by Crippen LogP contribution is -2.17. The zero-order valence-corrected chi connectivity index (χ0v) is 21.3. The number of carbonyl (C=O) groups is 3. The lowest BCUT2D eigenvalue weighted by molar-refractivity contribution is -0.142. The molecule has 1 amide bonds. The van der Waals surface area contributed by atoms with E-state index in [0.29, 0.717) is 9.39 Å². The summed E-state index contributed by atoms with van der Waals surface area (Å²) >= 11 is 2.01. The van der Waals surface area contributed by atoms with Crippen LogP contribution >= 0.6 is 22.7 Å². The van der Waals surface area contributed by atoms with Gasteiger partial charge in [0.15, 0.2) is 17.0 Å². The first kappa shape index (κ1) is 26.3. The van der Waals surface area contributed by atoms with Crippen LogP contribution in [0.1, 0.15) is 55.6 Å². The van der Waals surface area contributed by atoms with Crippen molar-refractivity contribution < 1.29 is 37.0 Å². The smallest absolute Gasteiger partial charge is 0.433 e. The number of amides is 1. The van der Waals surface area contributed by atoms with E-state index in [1.54, 1.807) is 31.4 Å². The van der Waals surface area contributed by atoms with Crippen molar-refractivity contribution in [1.82, 2.24) is 14.6 Å². The lowest BCUT2D eigenvalue weighted by Gasteiger charge is -2.10. The number of hydrogen-bond donors (Lipinski definition) is 1. The molecule has 1 N–H and O–H groups in total. The number of fused-ring (bicyclic) bond motifs is 1. The molecule has 4 heterocycles. The molecule has 0 aliphatic heterocycles. The second kappa shape index (κ2) is 10.3. The van der Waals surface area contributed by atoms with Gasteiger partial charge in [0.05, 0.1) is 29.3 Å². The summed E-state index contributed by atoms with van der Waals surface area (Å²) in [6.45, 7) is 4.85. The quantitative estimate of drug-likeness (QED) is 0.303. The Morgan fingerprint density at radius 3 is 2.43 bits per heavy atom. The molecule has 9 nitrogen and oxygen atoms in total. The predicted molar refractivity (Wildman–Crippen MR) is 130 cm³/mol. The largest absolute Gasteiger partial charge is 0.462 e. The first-order valence-electron chi connectivity index (χ1n) is 10.9. The van der Waals surface area contributed by atoms with E-state index in [1.165, 1.54) is 18.3 Å². The van der Waals surface area contributed by atoms with Crippen LogP contribution in [0.2, 0.25) is 0 Å². The molecule has 0 bridgehead atoms. The molecule has 0 aliphatic carbocycles. The molecule has 0 saturated heterocycles. The van der Waals surface area contributed by atoms with Crippen molar-refractivity contribution in [2.45, 2.75) is 26.9 Å². The number of nitrogens with zero attached hydrogens (tertiary/aromatic N) is 3. The Hall–Kier alpha value is -3.78. The van der Waals surface area contributed by atoms with E-state index >= 15 is 0 Å². The van der Waals surface area contributed by atoms with Crippen molar-refractivity contribution >= 4 is 51.2 Å². The van der Waals surface area contributed by atoms with E-state index in [1.807, 2.05) is 0 Å². The maximum absolute atomic E-state index is 13.8. The molecule has 0 saturated carbocycles. The summed E-state index contributed by atoms with van der Waals surface area (Å²) in [7, 11) is 0. The molecule has 0 fully saturated rings. The first-order valence-corrected chi connectivity index (χ1v) is 12.6. The Bertz CT molecular complexity index is 1490. The summed E-state index contributed by atoms with van der Waals surface area (Å²) in [6, 6.07) is 5.28. The highest BCUT2D eigenvalue weighted by Gasteiger charge is 2.36. The average Bonchev–Trinajstić information content (AvgIpc) is 3.57. The molecule has 37 heavy (non-hydrogen) atoms. The number of nitrogens with one attached hydrogen (secondary N) is 1. The van der Waals surface area contributed by atoms with E-state index < -0.39 is 29.7 Å². The zero-order valence-electron chi connectivity index (χ0n) is 19.6. The van der Waals surface area contributed by atoms with Gasteiger partial charge in [-0.3, -0.25) is 4.79 Å². The summed E-state index contributed by atoms with van der Waals surface area (Å²) in [6.07, 6.45) is -4.77. The van der Waals surface area contributed by atoms with E-state index in [2.05, 4.69) is 15.4 Å². The van der Waals surface area contributed by atoms with Gasteiger partial charge in [0.1, 0.15) is 9.88 Å². The number of anilines is 1. The first-order chi connectivity index (χ1) is 17.5. The van der Waals surface area contributed by atoms with Gasteiger partial charge in [-0.25, -0.2) is 19.1 Å². The summed E-state index contributed by atoms with van der Waals surface area (Å²) < 4.78 is 52.1. The molecule has 0 radical (unpaired) electrons. The van der Waals surface area contributed by atoms with Gasteiger partial charge in [-0.05, 0) is 43.8 Å². The number of esters is 2. The minimum atomic E-state index is -4.77. The van der Waals surface area contributed by atoms with Crippen molar-refractivity contribution in [2.24, 2.45) is 0 Å². The minimum absolute atomic E-state index is 0.0238. The Kier molecular flexibility index (Phi) is 7.32. The van der Waals surface area contributed by atoms with Crippen molar-refractivity contribution in [3.63, 3.8) is 0 Å². The second-order valence-electron chi connectivity index (χ2n) is 7.46. The van der Waals surface area contributed by atoms with Crippen LogP contribution in [0.5, 0.6) is 0 Å². The van der Waals surface area contributed by atoms with Gasteiger partial charge in [0, 0.05) is 6.07 Å². The fraction of sp³-hybridized carbons (Fsp3) is 0.261. The second-order valence-corrected chi connectivity index (χ2v) is 9.42. The van der Waals surface area contributed by atoms with E-state index in [-0.39, 0.29) is 51.3 Å². The fourth-order valence-corrected chi connectivity index (χ4v) is 5.22. The predicted octanol–water partition coefficient (Wildman–Crippen LogP) is 5.45. The molecule has 0 spiro atoms. The van der Waals surface area contributed by atoms with Crippen molar-refractivity contribution in [1.29, 1.82) is 0 Å². The molecule has 0 atom stereocenters. The highest BCUT2D eigenvalue weighted by Crippen LogP contribution is 2.36. The number of hydrogen-bond acceptors (Lipinski definition) is 9. The maximum atomic E-state index is 13.8. The number of alkyl halides is 3. The monoisotopic (exact) mass is 552 g/mol. The Morgan fingerprint density at radius 2 is 1.81 bits per heavy atom. The molecule has 0 aliphatic rings. The molecule has 4 rings (SSSR count). The van der Waals surface area contributed by atoms with Gasteiger partial charge < -0.3 is 14.8 Å². The topological polar surface area (TPSA) is 112 Å². The van der Waals surface area contributed by atoms with Crippen molar-refractivity contribution in [3.05, 3.63) is 57.0 Å². The highest BCUT2D eigenvalue weighted by molar-refractivity contribution is 7.18. The van der Waals surface area contributed by atoms with Gasteiger partial charge in [-0.1, -0.05) is 6.07 Å². The molecule has 0 unspecified atom stereocenters. The van der Waals surface area contributed by atoms with Crippen LogP contribution in [0.25, 0.3) is 16.2 Å². The molecular formula is C23H19F3N4O5S2. The Labute approximate surface area is 215 Å². The maximum Gasteiger partial charge on any atom is 0.433 e. The Balaban J connectivity index is 1.76. The zero-order chi connectivity index (χ0) is 26.9. The number of thiophene rings is 2. The van der Waals surface area contributed by atoms with Crippen LogP contribution in [0.15, 0.2) is 29.6 Å². The van der Waals surface area contributed by atoms with Gasteiger partial charge in [-0.2, -0.15) is 18.3 Å². The van der Waals surface area contributed by atoms with Gasteiger partial charge in [0.2, 0.25) is 0 Å². The third-order valence-electron chi connectivity index (χ3n) is 5.04. The van der Waals surface area contributed by atoms with Crippen LogP contribution in [0.3, 0.4) is 0 Å². The minimum Gasteiger partial charge on any atom is -0.462 e. The van der Waals surface area contributed by atoms with Gasteiger partial charge in [0.25, 0.3) is 5.91 Å². The molecule has 4 aromatic heterocycles. The third kappa shape index (κ3) is 5.20. The summed E-state index contributed by atoms with van der Waals surface area (Å²) in [4.78, 5) is 42.8. The van der Waals surface area contributed by atoms with Gasteiger partial charge in [-0.15, -0.1) is 22.7 Å². The van der Waals surface area contributed by atoms with E-state index in [9.17, 15) is 27.6 Å². The number of rotatable bonds is 7. The molecule has 0 aromatic carbocycles. The summed E-state index contributed by atoms with van der Waals surface area (Å²) in [5.41, 5.74) is -1.40. The van der Waals surface area contributed by atoms with Crippen molar-refractivity contribution in [3.8, 4) is 10.6 Å². The summed E-state index contributed by atoms with van der Waals surface area (Å²) in [5.74, 6) is -2.37. The molecule has 14 heteroatoms. The van der Waals surface area contributed by atoms with Gasteiger partial charge >= 0.3 is 18.1 Å². The van der Waals surface area contributed by atoms with E-state index in [4.69, 9.17) is 9.47 Å². The van der Waals surface area contributed by atoms with Crippen molar-refractivity contribution in [2.75, 3.05) is 18.5 Å². The number of ether oxygens (including phenoxy) is 2. The van der Waals surface area contributed by atoms with Crippen LogP contribution in [-0.2, 0) is 15.7 Å². The van der Waals surface area contributed by atoms with Crippen LogP contribution in [0, 0.1) is 6.92 Å². The number of aromatic nitrogens is 3. The molecular weight excluding hydrogens is 533 g/mol. The van der Waals surface area contributed by atoms with Crippen LogP contribution < -0.4 is 5.32 Å². The average molecular weight is 553 g/mol. The highest BCUT2D eigenvalue weighted by atomic mass is 32.1. The summed E-state index contributed by atoms with van der Waals surface area (Å²) in [5, 5.41) is 7.98. The standard InChI is InChI=1S/C23H19F3N4O5S2/c1-4-34-21(32)17-11(3)18(22(33)35-5-2)37-20(17)28-19(31)13-10-16-27-12(14-7-6-8-36-14)9-15(23(24,25)26)30(16)29-13/h6-10H,4-5H2,1-3H3,(H,28,31). The molecule has 194 valence electrons. The number of halogens is 3.